The van der Waals surface area contributed by atoms with Gasteiger partial charge in [-0.25, -0.2) is 0 Å². The van der Waals surface area contributed by atoms with Crippen molar-refractivity contribution >= 4 is 38.9 Å². The fourth-order valence-corrected chi connectivity index (χ4v) is 9.22. The molecule has 0 fully saturated rings. The van der Waals surface area contributed by atoms with E-state index in [1.54, 1.807) is 0 Å². The first-order valence-corrected chi connectivity index (χ1v) is 21.3. The maximum Gasteiger partial charge on any atom is 0.0562 e. The van der Waals surface area contributed by atoms with Crippen molar-refractivity contribution in [1.82, 2.24) is 4.57 Å². The smallest absolute Gasteiger partial charge is 0.0562 e. The lowest BCUT2D eigenvalue weighted by Gasteiger charge is -2.27. The fraction of sp³-hybridized carbons (Fsp3) is 0. The van der Waals surface area contributed by atoms with Crippen molar-refractivity contribution in [3.05, 3.63) is 255 Å². The molecule has 11 aromatic rings. The summed E-state index contributed by atoms with van der Waals surface area (Å²) < 4.78 is 2.45. The zero-order valence-electron chi connectivity index (χ0n) is 34.1. The highest BCUT2D eigenvalue weighted by molar-refractivity contribution is 6.11. The summed E-state index contributed by atoms with van der Waals surface area (Å²) in [5.41, 5.74) is 18.6. The van der Waals surface area contributed by atoms with Gasteiger partial charge in [-0.05, 0) is 98.6 Å². The Kier molecular flexibility index (Phi) is 9.57. The zero-order chi connectivity index (χ0) is 41.2. The number of aromatic nitrogens is 1. The van der Waals surface area contributed by atoms with Gasteiger partial charge in [0.2, 0.25) is 0 Å². The third-order valence-electron chi connectivity index (χ3n) is 12.0. The molecule has 1 heterocycles. The van der Waals surface area contributed by atoms with E-state index in [0.717, 1.165) is 28.3 Å². The molecule has 0 bridgehead atoms. The van der Waals surface area contributed by atoms with Crippen LogP contribution in [0.5, 0.6) is 0 Å². The minimum absolute atomic E-state index is 1.07. The molecule has 0 unspecified atom stereocenters. The van der Waals surface area contributed by atoms with Gasteiger partial charge >= 0.3 is 0 Å². The van der Waals surface area contributed by atoms with Gasteiger partial charge in [0.15, 0.2) is 0 Å². The summed E-state index contributed by atoms with van der Waals surface area (Å²) in [5.74, 6) is 0. The van der Waals surface area contributed by atoms with Gasteiger partial charge in [0, 0.05) is 33.4 Å². The van der Waals surface area contributed by atoms with E-state index >= 15 is 0 Å². The monoisotopic (exact) mass is 790 g/mol. The number of anilines is 3. The van der Waals surface area contributed by atoms with Crippen molar-refractivity contribution in [2.24, 2.45) is 0 Å². The summed E-state index contributed by atoms with van der Waals surface area (Å²) in [6.07, 6.45) is 0. The average molecular weight is 791 g/mol. The van der Waals surface area contributed by atoms with Gasteiger partial charge in [0.05, 0.1) is 16.7 Å². The highest BCUT2D eigenvalue weighted by Gasteiger charge is 2.22. The molecular formula is C60H42N2. The Balaban J connectivity index is 1.16. The van der Waals surface area contributed by atoms with Crippen LogP contribution in [-0.4, -0.2) is 4.57 Å². The lowest BCUT2D eigenvalue weighted by Crippen LogP contribution is -2.10. The van der Waals surface area contributed by atoms with E-state index in [-0.39, 0.29) is 0 Å². The number of hydrogen-bond acceptors (Lipinski definition) is 1. The van der Waals surface area contributed by atoms with E-state index in [0.29, 0.717) is 0 Å². The van der Waals surface area contributed by atoms with Crippen LogP contribution < -0.4 is 4.90 Å². The Bertz CT molecular complexity index is 3330. The molecule has 0 saturated heterocycles. The van der Waals surface area contributed by atoms with Crippen LogP contribution in [-0.2, 0) is 0 Å². The van der Waals surface area contributed by atoms with Crippen LogP contribution in [0.3, 0.4) is 0 Å². The van der Waals surface area contributed by atoms with E-state index in [1.165, 1.54) is 71.9 Å². The topological polar surface area (TPSA) is 8.17 Å². The molecule has 2 heteroatoms. The van der Waals surface area contributed by atoms with Crippen molar-refractivity contribution < 1.29 is 0 Å². The number of nitrogens with zero attached hydrogens (tertiary/aromatic N) is 2. The first kappa shape index (κ1) is 36.8. The summed E-state index contributed by atoms with van der Waals surface area (Å²) >= 11 is 0. The van der Waals surface area contributed by atoms with Crippen LogP contribution in [0.1, 0.15) is 0 Å². The molecule has 0 atom stereocenters. The standard InChI is InChI=1S/C60H42N2/c1-5-21-43(22-6-1)49-29-13-15-32-52(49)54-39-37-47(41-57(54)53-33-16-14-30-50(53)44-23-7-2-8-24-44)61(46-27-11-4-12-28-46)48-38-40-56-55-34-18-20-36-59(55)62(60(56)42-48)58-35-19-17-31-51(58)45-25-9-3-10-26-45/h1-42H. The summed E-state index contributed by atoms with van der Waals surface area (Å²) in [5, 5.41) is 2.44. The second-order valence-electron chi connectivity index (χ2n) is 15.7. The summed E-state index contributed by atoms with van der Waals surface area (Å²) in [4.78, 5) is 2.41. The van der Waals surface area contributed by atoms with Gasteiger partial charge in [0.1, 0.15) is 0 Å². The highest BCUT2D eigenvalue weighted by Crippen LogP contribution is 2.46. The van der Waals surface area contributed by atoms with Crippen molar-refractivity contribution in [2.75, 3.05) is 4.90 Å². The Hall–Kier alpha value is -8.20. The van der Waals surface area contributed by atoms with Gasteiger partial charge in [-0.15, -0.1) is 0 Å². The normalized spacial score (nSPS) is 11.2. The molecule has 0 N–H and O–H groups in total. The number of para-hydroxylation sites is 3. The van der Waals surface area contributed by atoms with E-state index < -0.39 is 0 Å². The Labute approximate surface area is 362 Å². The van der Waals surface area contributed by atoms with E-state index in [4.69, 9.17) is 0 Å². The molecular weight excluding hydrogens is 749 g/mol. The lowest BCUT2D eigenvalue weighted by atomic mass is 9.86. The van der Waals surface area contributed by atoms with Crippen LogP contribution in [0, 0.1) is 0 Å². The first-order valence-electron chi connectivity index (χ1n) is 21.3. The molecule has 0 aliphatic heterocycles. The third kappa shape index (κ3) is 6.65. The van der Waals surface area contributed by atoms with Crippen molar-refractivity contribution in [2.45, 2.75) is 0 Å². The average Bonchev–Trinajstić information content (AvgIpc) is 3.69. The first-order chi connectivity index (χ1) is 30.8. The van der Waals surface area contributed by atoms with Gasteiger partial charge in [-0.2, -0.15) is 0 Å². The van der Waals surface area contributed by atoms with Gasteiger partial charge < -0.3 is 9.47 Å². The second kappa shape index (κ2) is 16.1. The quantitative estimate of drug-likeness (QED) is 0.141. The van der Waals surface area contributed by atoms with Crippen LogP contribution in [0.25, 0.3) is 83.1 Å². The Morgan fingerprint density at radius 3 is 1.29 bits per heavy atom. The molecule has 62 heavy (non-hydrogen) atoms. The number of benzene rings is 10. The molecule has 0 aliphatic rings. The number of hydrogen-bond donors (Lipinski definition) is 0. The van der Waals surface area contributed by atoms with Gasteiger partial charge in [-0.1, -0.05) is 206 Å². The molecule has 0 spiro atoms. The van der Waals surface area contributed by atoms with Crippen LogP contribution in [0.4, 0.5) is 17.1 Å². The van der Waals surface area contributed by atoms with Gasteiger partial charge in [0.25, 0.3) is 0 Å². The van der Waals surface area contributed by atoms with Crippen molar-refractivity contribution in [3.63, 3.8) is 0 Å². The summed E-state index contributed by atoms with van der Waals surface area (Å²) in [7, 11) is 0. The van der Waals surface area contributed by atoms with Crippen LogP contribution >= 0.6 is 0 Å². The third-order valence-corrected chi connectivity index (χ3v) is 12.0. The molecule has 0 saturated carbocycles. The highest BCUT2D eigenvalue weighted by atomic mass is 15.1. The Morgan fingerprint density at radius 2 is 0.661 bits per heavy atom. The van der Waals surface area contributed by atoms with Crippen LogP contribution in [0.15, 0.2) is 255 Å². The largest absolute Gasteiger partial charge is 0.310 e. The molecule has 2 nitrogen and oxygen atoms in total. The molecule has 0 aliphatic carbocycles. The predicted octanol–water partition coefficient (Wildman–Crippen LogP) is 16.6. The molecule has 11 rings (SSSR count). The molecule has 0 amide bonds. The number of rotatable bonds is 9. The van der Waals surface area contributed by atoms with E-state index in [9.17, 15) is 0 Å². The fourth-order valence-electron chi connectivity index (χ4n) is 9.22. The number of fused-ring (bicyclic) bond motifs is 3. The zero-order valence-corrected chi connectivity index (χ0v) is 34.1. The molecule has 1 aromatic heterocycles. The molecule has 0 radical (unpaired) electrons. The summed E-state index contributed by atoms with van der Waals surface area (Å²) in [6.45, 7) is 0. The Morgan fingerprint density at radius 1 is 0.242 bits per heavy atom. The van der Waals surface area contributed by atoms with Crippen LogP contribution in [0.2, 0.25) is 0 Å². The maximum atomic E-state index is 2.45. The lowest BCUT2D eigenvalue weighted by molar-refractivity contribution is 1.18. The SMILES string of the molecule is c1ccc(-c2ccccc2-c2ccc(N(c3ccccc3)c3ccc4c5ccccc5n(-c5ccccc5-c5ccccc5)c4c3)cc2-c2ccccc2-c2ccccc2)cc1. The summed E-state index contributed by atoms with van der Waals surface area (Å²) in [6, 6.07) is 92.1. The van der Waals surface area contributed by atoms with Gasteiger partial charge in [-0.3, -0.25) is 0 Å². The minimum atomic E-state index is 1.07. The maximum absolute atomic E-state index is 2.45. The van der Waals surface area contributed by atoms with E-state index in [2.05, 4.69) is 264 Å². The molecule has 292 valence electrons. The minimum Gasteiger partial charge on any atom is -0.310 e. The predicted molar refractivity (Wildman–Crippen MR) is 263 cm³/mol. The van der Waals surface area contributed by atoms with Crippen molar-refractivity contribution in [3.8, 4) is 61.3 Å². The van der Waals surface area contributed by atoms with Crippen molar-refractivity contribution in [1.29, 1.82) is 0 Å². The second-order valence-corrected chi connectivity index (χ2v) is 15.7. The van der Waals surface area contributed by atoms with E-state index in [1.807, 2.05) is 0 Å². The molecule has 10 aromatic carbocycles.